The number of rotatable bonds is 1. The lowest BCUT2D eigenvalue weighted by molar-refractivity contribution is 0.585. The Bertz CT molecular complexity index is 986. The van der Waals surface area contributed by atoms with E-state index in [2.05, 4.69) is 35.7 Å². The topological polar surface area (TPSA) is 73.3 Å². The number of benzene rings is 2. The van der Waals surface area contributed by atoms with Crippen LogP contribution in [0.1, 0.15) is 0 Å². The zero-order valence-electron chi connectivity index (χ0n) is 11.5. The molecule has 0 amide bonds. The van der Waals surface area contributed by atoms with Crippen LogP contribution >= 0.6 is 11.3 Å². The number of nitrogens with two attached hydrogens (primary N) is 1. The average Bonchev–Trinajstić information content (AvgIpc) is 3.14. The molecule has 4 nitrogen and oxygen atoms in total. The number of hydrogen-bond donors (Lipinski definition) is 1. The molecule has 0 unspecified atom stereocenters. The number of primary sulfonamides is 1. The molecule has 0 spiro atoms. The maximum atomic E-state index is 11.0. The van der Waals surface area contributed by atoms with Crippen LogP contribution in [0.2, 0.25) is 0 Å². The van der Waals surface area contributed by atoms with Gasteiger partial charge in [0.05, 0.1) is 0 Å². The Morgan fingerprint density at radius 2 is 1.68 bits per heavy atom. The van der Waals surface area contributed by atoms with Crippen molar-refractivity contribution in [2.24, 2.45) is 5.14 Å². The van der Waals surface area contributed by atoms with Gasteiger partial charge in [0, 0.05) is 10.1 Å². The van der Waals surface area contributed by atoms with E-state index in [-0.39, 0.29) is 4.90 Å². The maximum absolute atomic E-state index is 11.0. The summed E-state index contributed by atoms with van der Waals surface area (Å²) >= 11 is 1.79. The Morgan fingerprint density at radius 1 is 0.955 bits per heavy atom. The lowest BCUT2D eigenvalue weighted by Crippen LogP contribution is -2.11. The van der Waals surface area contributed by atoms with Crippen molar-refractivity contribution in [3.8, 4) is 0 Å². The lowest BCUT2D eigenvalue weighted by atomic mass is 10.3. The lowest BCUT2D eigenvalue weighted by Gasteiger charge is -1.91. The van der Waals surface area contributed by atoms with E-state index in [1.165, 1.54) is 10.1 Å². The number of thiophene rings is 1. The van der Waals surface area contributed by atoms with Crippen molar-refractivity contribution in [1.82, 2.24) is 0 Å². The van der Waals surface area contributed by atoms with Crippen molar-refractivity contribution in [2.75, 3.05) is 0 Å². The standard InChI is InChI=1S/C8H7NO3S.C8H6S/c9-13(10,11)8-5-12-7-4-2-1-3-6(7)8;1-2-4-8-7(3-1)5-6-9-8/h1-5H,(H2,9,10,11);1-6H. The van der Waals surface area contributed by atoms with E-state index in [9.17, 15) is 8.42 Å². The first kappa shape index (κ1) is 14.8. The van der Waals surface area contributed by atoms with E-state index in [4.69, 9.17) is 9.56 Å². The number of furan rings is 1. The normalized spacial score (nSPS) is 11.3. The van der Waals surface area contributed by atoms with E-state index < -0.39 is 10.0 Å². The first-order chi connectivity index (χ1) is 10.6. The van der Waals surface area contributed by atoms with Gasteiger partial charge in [-0.05, 0) is 35.0 Å². The van der Waals surface area contributed by atoms with Crippen molar-refractivity contribution in [2.45, 2.75) is 4.90 Å². The van der Waals surface area contributed by atoms with Gasteiger partial charge in [0.25, 0.3) is 0 Å². The zero-order valence-corrected chi connectivity index (χ0v) is 13.1. The summed E-state index contributed by atoms with van der Waals surface area (Å²) < 4.78 is 28.4. The van der Waals surface area contributed by atoms with Gasteiger partial charge in [-0.2, -0.15) is 0 Å². The molecule has 0 aliphatic carbocycles. The second-order valence-electron chi connectivity index (χ2n) is 4.60. The van der Waals surface area contributed by atoms with Crippen LogP contribution in [0.3, 0.4) is 0 Å². The Balaban J connectivity index is 0.000000139. The van der Waals surface area contributed by atoms with Crippen molar-refractivity contribution in [3.63, 3.8) is 0 Å². The highest BCUT2D eigenvalue weighted by Gasteiger charge is 2.14. The molecule has 0 atom stereocenters. The van der Waals surface area contributed by atoms with Crippen molar-refractivity contribution in [1.29, 1.82) is 0 Å². The quantitative estimate of drug-likeness (QED) is 0.573. The molecule has 0 aliphatic heterocycles. The molecule has 0 bridgehead atoms. The largest absolute Gasteiger partial charge is 0.463 e. The molecule has 2 aromatic heterocycles. The van der Waals surface area contributed by atoms with Gasteiger partial charge in [0.15, 0.2) is 0 Å². The summed E-state index contributed by atoms with van der Waals surface area (Å²) in [7, 11) is -3.68. The summed E-state index contributed by atoms with van der Waals surface area (Å²) in [6.45, 7) is 0. The fraction of sp³-hybridized carbons (Fsp3) is 0. The third-order valence-corrected chi connectivity index (χ3v) is 4.94. The summed E-state index contributed by atoms with van der Waals surface area (Å²) in [5.41, 5.74) is 0.520. The van der Waals surface area contributed by atoms with Crippen molar-refractivity contribution < 1.29 is 12.8 Å². The second kappa shape index (κ2) is 5.92. The molecular formula is C16H13NO3S2. The third kappa shape index (κ3) is 3.04. The Labute approximate surface area is 131 Å². The monoisotopic (exact) mass is 331 g/mol. The summed E-state index contributed by atoms with van der Waals surface area (Å²) in [4.78, 5) is 0.0306. The molecule has 0 saturated carbocycles. The van der Waals surface area contributed by atoms with Gasteiger partial charge in [-0.1, -0.05) is 30.3 Å². The number of hydrogen-bond acceptors (Lipinski definition) is 4. The van der Waals surface area contributed by atoms with Crippen LogP contribution < -0.4 is 5.14 Å². The summed E-state index contributed by atoms with van der Waals surface area (Å²) in [5.74, 6) is 0. The zero-order chi connectivity index (χ0) is 15.6. The molecule has 22 heavy (non-hydrogen) atoms. The molecule has 0 saturated heterocycles. The molecule has 0 aliphatic rings. The summed E-state index contributed by atoms with van der Waals surface area (Å²) in [5, 5.41) is 8.96. The van der Waals surface area contributed by atoms with Crippen LogP contribution in [0, 0.1) is 0 Å². The van der Waals surface area contributed by atoms with E-state index >= 15 is 0 Å². The minimum absolute atomic E-state index is 0.0306. The van der Waals surface area contributed by atoms with Crippen molar-refractivity contribution >= 4 is 42.4 Å². The molecular weight excluding hydrogens is 318 g/mol. The first-order valence-electron chi connectivity index (χ1n) is 6.47. The van der Waals surface area contributed by atoms with Gasteiger partial charge in [-0.15, -0.1) is 11.3 Å². The molecule has 4 rings (SSSR count). The highest BCUT2D eigenvalue weighted by atomic mass is 32.2. The predicted molar refractivity (Wildman–Crippen MR) is 89.4 cm³/mol. The highest BCUT2D eigenvalue weighted by Crippen LogP contribution is 2.23. The molecule has 2 aromatic carbocycles. The molecule has 0 radical (unpaired) electrons. The Morgan fingerprint density at radius 3 is 2.45 bits per heavy atom. The second-order valence-corrected chi connectivity index (χ2v) is 7.08. The predicted octanol–water partition coefficient (Wildman–Crippen LogP) is 3.98. The number of fused-ring (bicyclic) bond motifs is 2. The van der Waals surface area contributed by atoms with Gasteiger partial charge in [0.2, 0.25) is 10.0 Å². The third-order valence-electron chi connectivity index (χ3n) is 3.11. The van der Waals surface area contributed by atoms with E-state index in [0.717, 1.165) is 6.26 Å². The van der Waals surface area contributed by atoms with Crippen LogP contribution in [0.25, 0.3) is 21.1 Å². The van der Waals surface area contributed by atoms with Crippen LogP contribution in [-0.4, -0.2) is 8.42 Å². The molecule has 2 heterocycles. The summed E-state index contributed by atoms with van der Waals surface area (Å²) in [6.07, 6.45) is 1.15. The molecule has 0 fully saturated rings. The minimum Gasteiger partial charge on any atom is -0.463 e. The van der Waals surface area contributed by atoms with Gasteiger partial charge >= 0.3 is 0 Å². The fourth-order valence-corrected chi connectivity index (χ4v) is 3.53. The van der Waals surface area contributed by atoms with E-state index in [0.29, 0.717) is 11.0 Å². The van der Waals surface area contributed by atoms with Gasteiger partial charge in [0.1, 0.15) is 16.7 Å². The van der Waals surface area contributed by atoms with E-state index in [1.54, 1.807) is 35.6 Å². The van der Waals surface area contributed by atoms with Crippen LogP contribution in [0.4, 0.5) is 0 Å². The van der Waals surface area contributed by atoms with Crippen LogP contribution in [0.15, 0.2) is 75.6 Å². The smallest absolute Gasteiger partial charge is 0.241 e. The van der Waals surface area contributed by atoms with Gasteiger partial charge in [-0.25, -0.2) is 13.6 Å². The number of sulfonamides is 1. The minimum atomic E-state index is -3.68. The number of para-hydroxylation sites is 1. The maximum Gasteiger partial charge on any atom is 0.241 e. The Kier molecular flexibility index (Phi) is 3.98. The SMILES string of the molecule is NS(=O)(=O)c1coc2ccccc12.c1ccc2sccc2c1. The van der Waals surface area contributed by atoms with Crippen LogP contribution in [-0.2, 0) is 10.0 Å². The molecule has 4 aromatic rings. The Hall–Kier alpha value is -2.15. The first-order valence-corrected chi connectivity index (χ1v) is 8.89. The highest BCUT2D eigenvalue weighted by molar-refractivity contribution is 7.89. The summed E-state index contributed by atoms with van der Waals surface area (Å²) in [6, 6.07) is 17.4. The van der Waals surface area contributed by atoms with Gasteiger partial charge < -0.3 is 4.42 Å². The molecule has 6 heteroatoms. The van der Waals surface area contributed by atoms with Gasteiger partial charge in [-0.3, -0.25) is 0 Å². The van der Waals surface area contributed by atoms with E-state index in [1.807, 2.05) is 0 Å². The van der Waals surface area contributed by atoms with Crippen LogP contribution in [0.5, 0.6) is 0 Å². The molecule has 2 N–H and O–H groups in total. The fourth-order valence-electron chi connectivity index (χ4n) is 2.08. The van der Waals surface area contributed by atoms with Crippen molar-refractivity contribution in [3.05, 3.63) is 66.2 Å². The average molecular weight is 331 g/mol. The molecule has 112 valence electrons.